The molecule has 2 amide bonds. The van der Waals surface area contributed by atoms with Gasteiger partial charge in [0.1, 0.15) is 0 Å². The van der Waals surface area contributed by atoms with Crippen molar-refractivity contribution in [3.8, 4) is 0 Å². The van der Waals surface area contributed by atoms with Crippen molar-refractivity contribution in [2.45, 2.75) is 31.9 Å². The Kier molecular flexibility index (Phi) is 5.19. The lowest BCUT2D eigenvalue weighted by molar-refractivity contribution is 0.0157. The van der Waals surface area contributed by atoms with E-state index in [2.05, 4.69) is 26.6 Å². The summed E-state index contributed by atoms with van der Waals surface area (Å²) in [7, 11) is 0. The molecule has 114 valence electrons. The molecule has 2 atom stereocenters. The number of urea groups is 1. The molecule has 1 aromatic rings. The summed E-state index contributed by atoms with van der Waals surface area (Å²) >= 11 is 3.16. The van der Waals surface area contributed by atoms with Gasteiger partial charge in [-0.15, -0.1) is 0 Å². The summed E-state index contributed by atoms with van der Waals surface area (Å²) in [4.78, 5) is 23.0. The van der Waals surface area contributed by atoms with Crippen LogP contribution in [0.2, 0.25) is 0 Å². The fourth-order valence-electron chi connectivity index (χ4n) is 2.25. The van der Waals surface area contributed by atoms with Gasteiger partial charge in [0, 0.05) is 22.8 Å². The summed E-state index contributed by atoms with van der Waals surface area (Å²) in [6.07, 6.45) is 1.68. The Labute approximate surface area is 131 Å². The van der Waals surface area contributed by atoms with Crippen LogP contribution in [0.5, 0.6) is 0 Å². The quantitative estimate of drug-likeness (QED) is 0.776. The number of carboxylic acid groups (broad SMARTS) is 1. The lowest BCUT2D eigenvalue weighted by atomic mass is 10.0. The third-order valence-electron chi connectivity index (χ3n) is 3.27. The summed E-state index contributed by atoms with van der Waals surface area (Å²) in [5, 5.41) is 14.6. The topological polar surface area (TPSA) is 87.7 Å². The van der Waals surface area contributed by atoms with Gasteiger partial charge in [-0.2, -0.15) is 0 Å². The Morgan fingerprint density at radius 3 is 2.86 bits per heavy atom. The molecule has 1 aromatic carbocycles. The Morgan fingerprint density at radius 1 is 1.43 bits per heavy atom. The van der Waals surface area contributed by atoms with Crippen molar-refractivity contribution in [1.29, 1.82) is 0 Å². The summed E-state index contributed by atoms with van der Waals surface area (Å²) in [5.74, 6) is -1.05. The normalized spacial score (nSPS) is 21.6. The first-order valence-corrected chi connectivity index (χ1v) is 7.47. The number of carbonyl (C=O) groups excluding carboxylic acids is 1. The molecule has 0 saturated carbocycles. The van der Waals surface area contributed by atoms with E-state index in [1.54, 1.807) is 12.1 Å². The number of carbonyl (C=O) groups is 2. The molecule has 2 rings (SSSR count). The first-order valence-electron chi connectivity index (χ1n) is 6.67. The number of ether oxygens (including phenoxy) is 1. The maximum Gasteiger partial charge on any atom is 0.336 e. The van der Waals surface area contributed by atoms with E-state index < -0.39 is 5.97 Å². The van der Waals surface area contributed by atoms with E-state index in [4.69, 9.17) is 9.84 Å². The van der Waals surface area contributed by atoms with Crippen LogP contribution in [0.1, 0.15) is 30.1 Å². The van der Waals surface area contributed by atoms with Crippen LogP contribution in [0.3, 0.4) is 0 Å². The van der Waals surface area contributed by atoms with Gasteiger partial charge in [-0.25, -0.2) is 9.59 Å². The van der Waals surface area contributed by atoms with Crippen LogP contribution in [0, 0.1) is 0 Å². The minimum atomic E-state index is -1.05. The average molecular weight is 357 g/mol. The lowest BCUT2D eigenvalue weighted by Gasteiger charge is -2.27. The molecule has 1 aliphatic heterocycles. The highest BCUT2D eigenvalue weighted by atomic mass is 79.9. The molecule has 0 radical (unpaired) electrons. The van der Waals surface area contributed by atoms with Gasteiger partial charge in [0.05, 0.1) is 11.7 Å². The molecule has 0 bridgehead atoms. The zero-order valence-corrected chi connectivity index (χ0v) is 13.1. The van der Waals surface area contributed by atoms with Gasteiger partial charge in [-0.1, -0.05) is 0 Å². The Balaban J connectivity index is 1.96. The number of benzene rings is 1. The second-order valence-electron chi connectivity index (χ2n) is 5.00. The number of hydrogen-bond acceptors (Lipinski definition) is 3. The Morgan fingerprint density at radius 2 is 2.19 bits per heavy atom. The second kappa shape index (κ2) is 6.91. The minimum absolute atomic E-state index is 0.0724. The van der Waals surface area contributed by atoms with Crippen LogP contribution in [0.15, 0.2) is 22.7 Å². The molecular weight excluding hydrogens is 340 g/mol. The molecule has 1 saturated heterocycles. The molecule has 0 spiro atoms. The minimum Gasteiger partial charge on any atom is -0.478 e. The van der Waals surface area contributed by atoms with Crippen molar-refractivity contribution in [3.05, 3.63) is 28.2 Å². The van der Waals surface area contributed by atoms with Gasteiger partial charge < -0.3 is 20.5 Å². The van der Waals surface area contributed by atoms with E-state index in [-0.39, 0.29) is 23.7 Å². The number of aromatic carboxylic acids is 1. The van der Waals surface area contributed by atoms with Crippen LogP contribution in [-0.2, 0) is 4.74 Å². The van der Waals surface area contributed by atoms with Gasteiger partial charge in [-0.3, -0.25) is 0 Å². The highest BCUT2D eigenvalue weighted by Gasteiger charge is 2.21. The number of rotatable bonds is 3. The maximum absolute atomic E-state index is 11.9. The summed E-state index contributed by atoms with van der Waals surface area (Å²) in [6, 6.07) is 4.38. The Bertz CT molecular complexity index is 550. The smallest absolute Gasteiger partial charge is 0.336 e. The molecule has 21 heavy (non-hydrogen) atoms. The molecule has 1 fully saturated rings. The second-order valence-corrected chi connectivity index (χ2v) is 5.86. The van der Waals surface area contributed by atoms with Crippen molar-refractivity contribution < 1.29 is 19.4 Å². The largest absolute Gasteiger partial charge is 0.478 e. The zero-order valence-electron chi connectivity index (χ0n) is 11.6. The number of nitrogens with one attached hydrogen (secondary N) is 2. The van der Waals surface area contributed by atoms with Crippen molar-refractivity contribution in [1.82, 2.24) is 5.32 Å². The van der Waals surface area contributed by atoms with Gasteiger partial charge >= 0.3 is 12.0 Å². The van der Waals surface area contributed by atoms with Gasteiger partial charge in [0.25, 0.3) is 0 Å². The summed E-state index contributed by atoms with van der Waals surface area (Å²) in [6.45, 7) is 2.60. The van der Waals surface area contributed by atoms with Crippen molar-refractivity contribution in [3.63, 3.8) is 0 Å². The lowest BCUT2D eigenvalue weighted by Crippen LogP contribution is -2.43. The van der Waals surface area contributed by atoms with E-state index in [1.807, 2.05) is 6.92 Å². The average Bonchev–Trinajstić information content (AvgIpc) is 2.40. The first-order chi connectivity index (χ1) is 9.95. The van der Waals surface area contributed by atoms with Crippen LogP contribution in [0.4, 0.5) is 10.5 Å². The standard InChI is InChI=1S/C14H17BrN2O4/c1-8-6-10(4-5-21-8)17-14(20)16-9-2-3-12(15)11(7-9)13(18)19/h2-3,7-8,10H,4-6H2,1H3,(H,18,19)(H2,16,17,20). The van der Waals surface area contributed by atoms with Crippen LogP contribution < -0.4 is 10.6 Å². The molecule has 7 heteroatoms. The van der Waals surface area contributed by atoms with E-state index in [1.165, 1.54) is 6.07 Å². The highest BCUT2D eigenvalue weighted by molar-refractivity contribution is 9.10. The predicted molar refractivity (Wildman–Crippen MR) is 81.7 cm³/mol. The predicted octanol–water partition coefficient (Wildman–Crippen LogP) is 2.84. The first kappa shape index (κ1) is 15.8. The van der Waals surface area contributed by atoms with Gasteiger partial charge in [0.15, 0.2) is 0 Å². The molecular formula is C14H17BrN2O4. The third-order valence-corrected chi connectivity index (χ3v) is 3.97. The molecule has 0 aromatic heterocycles. The summed E-state index contributed by atoms with van der Waals surface area (Å²) < 4.78 is 5.89. The van der Waals surface area contributed by atoms with Crippen LogP contribution in [-0.4, -0.2) is 35.9 Å². The number of anilines is 1. The van der Waals surface area contributed by atoms with Crippen LogP contribution in [0.25, 0.3) is 0 Å². The van der Waals surface area contributed by atoms with E-state index in [9.17, 15) is 9.59 Å². The molecule has 2 unspecified atom stereocenters. The molecule has 6 nitrogen and oxygen atoms in total. The van der Waals surface area contributed by atoms with Crippen LogP contribution >= 0.6 is 15.9 Å². The highest BCUT2D eigenvalue weighted by Crippen LogP contribution is 2.21. The van der Waals surface area contributed by atoms with Crippen molar-refractivity contribution >= 4 is 33.6 Å². The number of hydrogen-bond donors (Lipinski definition) is 3. The number of amides is 2. The van der Waals surface area contributed by atoms with Gasteiger partial charge in [-0.05, 0) is 53.9 Å². The Hall–Kier alpha value is -1.60. The maximum atomic E-state index is 11.9. The summed E-state index contributed by atoms with van der Waals surface area (Å²) in [5.41, 5.74) is 0.542. The monoisotopic (exact) mass is 356 g/mol. The van der Waals surface area contributed by atoms with E-state index in [0.717, 1.165) is 12.8 Å². The number of halogens is 1. The fourth-order valence-corrected chi connectivity index (χ4v) is 2.66. The van der Waals surface area contributed by atoms with Gasteiger partial charge in [0.2, 0.25) is 0 Å². The molecule has 3 N–H and O–H groups in total. The molecule has 0 aliphatic carbocycles. The zero-order chi connectivity index (χ0) is 15.4. The van der Waals surface area contributed by atoms with Crippen molar-refractivity contribution in [2.24, 2.45) is 0 Å². The number of carboxylic acids is 1. The SMILES string of the molecule is CC1CC(NC(=O)Nc2ccc(Br)c(C(=O)O)c2)CCO1. The van der Waals surface area contributed by atoms with E-state index in [0.29, 0.717) is 16.8 Å². The fraction of sp³-hybridized carbons (Fsp3) is 0.429. The van der Waals surface area contributed by atoms with E-state index >= 15 is 0 Å². The van der Waals surface area contributed by atoms with Crippen molar-refractivity contribution in [2.75, 3.05) is 11.9 Å². The molecule has 1 heterocycles. The third kappa shape index (κ3) is 4.44. The molecule has 1 aliphatic rings.